The predicted molar refractivity (Wildman–Crippen MR) is 115 cm³/mol. The zero-order valence-electron chi connectivity index (χ0n) is 16.7. The molecule has 1 aliphatic heterocycles. The van der Waals surface area contributed by atoms with E-state index < -0.39 is 0 Å². The maximum absolute atomic E-state index is 12.4. The van der Waals surface area contributed by atoms with Gasteiger partial charge in [0, 0.05) is 17.5 Å². The van der Waals surface area contributed by atoms with Crippen molar-refractivity contribution in [1.82, 2.24) is 10.3 Å². The number of nitrogens with zero attached hydrogens (tertiary/aromatic N) is 2. The Kier molecular flexibility index (Phi) is 7.49. The topological polar surface area (TPSA) is 63.2 Å². The van der Waals surface area contributed by atoms with Crippen LogP contribution in [0, 0.1) is 5.92 Å². The Morgan fingerprint density at radius 2 is 1.83 bits per heavy atom. The SMILES string of the molecule is COc1ccc(/C=N\NC(=O)C2CCN(Cc3ccc(Cl)cc3)CC2)cc1OC. The lowest BCUT2D eigenvalue weighted by Crippen LogP contribution is -2.39. The van der Waals surface area contributed by atoms with Crippen molar-refractivity contribution in [2.75, 3.05) is 27.3 Å². The third-order valence-corrected chi connectivity index (χ3v) is 5.33. The van der Waals surface area contributed by atoms with Crippen LogP contribution in [-0.4, -0.2) is 44.3 Å². The molecular formula is C22H26ClN3O3. The summed E-state index contributed by atoms with van der Waals surface area (Å²) in [5.41, 5.74) is 4.72. The number of hydrogen-bond acceptors (Lipinski definition) is 5. The summed E-state index contributed by atoms with van der Waals surface area (Å²) in [6, 6.07) is 13.4. The van der Waals surface area contributed by atoms with Crippen molar-refractivity contribution in [1.29, 1.82) is 0 Å². The highest BCUT2D eigenvalue weighted by molar-refractivity contribution is 6.30. The van der Waals surface area contributed by atoms with Gasteiger partial charge in [-0.15, -0.1) is 0 Å². The molecule has 1 amide bonds. The largest absolute Gasteiger partial charge is 0.493 e. The molecule has 0 aliphatic carbocycles. The normalized spacial score (nSPS) is 15.4. The lowest BCUT2D eigenvalue weighted by molar-refractivity contribution is -0.126. The number of hydrazone groups is 1. The second kappa shape index (κ2) is 10.3. The van der Waals surface area contributed by atoms with Gasteiger partial charge in [0.05, 0.1) is 20.4 Å². The van der Waals surface area contributed by atoms with E-state index in [2.05, 4.69) is 15.4 Å². The molecule has 1 heterocycles. The molecule has 1 N–H and O–H groups in total. The summed E-state index contributed by atoms with van der Waals surface area (Å²) in [5.74, 6) is 1.22. The third kappa shape index (κ3) is 5.95. The Labute approximate surface area is 176 Å². The summed E-state index contributed by atoms with van der Waals surface area (Å²) >= 11 is 5.94. The van der Waals surface area contributed by atoms with Crippen molar-refractivity contribution < 1.29 is 14.3 Å². The lowest BCUT2D eigenvalue weighted by Gasteiger charge is -2.30. The number of halogens is 1. The molecule has 2 aromatic carbocycles. The van der Waals surface area contributed by atoms with Gasteiger partial charge in [0.2, 0.25) is 5.91 Å². The number of benzene rings is 2. The molecular weight excluding hydrogens is 390 g/mol. The Balaban J connectivity index is 1.46. The van der Waals surface area contributed by atoms with E-state index in [1.54, 1.807) is 26.5 Å². The molecule has 0 atom stereocenters. The van der Waals surface area contributed by atoms with Crippen LogP contribution < -0.4 is 14.9 Å². The van der Waals surface area contributed by atoms with E-state index in [0.717, 1.165) is 43.1 Å². The lowest BCUT2D eigenvalue weighted by atomic mass is 9.96. The van der Waals surface area contributed by atoms with Gasteiger partial charge >= 0.3 is 0 Å². The van der Waals surface area contributed by atoms with Gasteiger partial charge in [-0.25, -0.2) is 5.43 Å². The van der Waals surface area contributed by atoms with E-state index in [1.807, 2.05) is 36.4 Å². The number of rotatable bonds is 7. The maximum atomic E-state index is 12.4. The number of nitrogens with one attached hydrogen (secondary N) is 1. The molecule has 1 fully saturated rings. The van der Waals surface area contributed by atoms with Crippen LogP contribution in [0.3, 0.4) is 0 Å². The number of ether oxygens (including phenoxy) is 2. The van der Waals surface area contributed by atoms with Crippen molar-refractivity contribution in [3.63, 3.8) is 0 Å². The molecule has 7 heteroatoms. The number of carbonyl (C=O) groups is 1. The Morgan fingerprint density at radius 1 is 1.14 bits per heavy atom. The molecule has 1 saturated heterocycles. The standard InChI is InChI=1S/C22H26ClN3O3/c1-28-20-8-5-17(13-21(20)29-2)14-24-25-22(27)18-9-11-26(12-10-18)15-16-3-6-19(23)7-4-16/h3-8,13-14,18H,9-12,15H2,1-2H3,(H,25,27)/b24-14-. The monoisotopic (exact) mass is 415 g/mol. The number of amides is 1. The average molecular weight is 416 g/mol. The van der Waals surface area contributed by atoms with Crippen LogP contribution in [0.5, 0.6) is 11.5 Å². The van der Waals surface area contributed by atoms with Crippen LogP contribution in [0.25, 0.3) is 0 Å². The summed E-state index contributed by atoms with van der Waals surface area (Å²) in [6.45, 7) is 2.66. The summed E-state index contributed by atoms with van der Waals surface area (Å²) in [6.07, 6.45) is 3.26. The van der Waals surface area contributed by atoms with Gasteiger partial charge in [0.25, 0.3) is 0 Å². The van der Waals surface area contributed by atoms with Crippen LogP contribution >= 0.6 is 11.6 Å². The average Bonchev–Trinajstić information content (AvgIpc) is 2.75. The summed E-state index contributed by atoms with van der Waals surface area (Å²) in [5, 5.41) is 4.84. The maximum Gasteiger partial charge on any atom is 0.243 e. The summed E-state index contributed by atoms with van der Waals surface area (Å²) in [4.78, 5) is 14.8. The van der Waals surface area contributed by atoms with Crippen LogP contribution in [-0.2, 0) is 11.3 Å². The predicted octanol–water partition coefficient (Wildman–Crippen LogP) is 3.72. The van der Waals surface area contributed by atoms with Gasteiger partial charge in [0.15, 0.2) is 11.5 Å². The molecule has 6 nitrogen and oxygen atoms in total. The Morgan fingerprint density at radius 3 is 2.48 bits per heavy atom. The van der Waals surface area contributed by atoms with Crippen molar-refractivity contribution in [3.8, 4) is 11.5 Å². The highest BCUT2D eigenvalue weighted by Gasteiger charge is 2.24. The van der Waals surface area contributed by atoms with Crippen LogP contribution in [0.4, 0.5) is 0 Å². The van der Waals surface area contributed by atoms with Crippen LogP contribution in [0.2, 0.25) is 5.02 Å². The molecule has 0 unspecified atom stereocenters. The minimum Gasteiger partial charge on any atom is -0.493 e. The molecule has 3 rings (SSSR count). The van der Waals surface area contributed by atoms with Gasteiger partial charge in [-0.1, -0.05) is 23.7 Å². The van der Waals surface area contributed by atoms with Gasteiger partial charge < -0.3 is 9.47 Å². The van der Waals surface area contributed by atoms with Gasteiger partial charge in [-0.3, -0.25) is 9.69 Å². The van der Waals surface area contributed by atoms with Crippen LogP contribution in [0.15, 0.2) is 47.6 Å². The van der Waals surface area contributed by atoms with E-state index in [4.69, 9.17) is 21.1 Å². The van der Waals surface area contributed by atoms with Crippen molar-refractivity contribution >= 4 is 23.7 Å². The molecule has 0 aromatic heterocycles. The van der Waals surface area contributed by atoms with Gasteiger partial charge in [0.1, 0.15) is 0 Å². The second-order valence-corrected chi connectivity index (χ2v) is 7.46. The highest BCUT2D eigenvalue weighted by atomic mass is 35.5. The quantitative estimate of drug-likeness (QED) is 0.553. The second-order valence-electron chi connectivity index (χ2n) is 7.03. The third-order valence-electron chi connectivity index (χ3n) is 5.07. The zero-order valence-corrected chi connectivity index (χ0v) is 17.5. The number of carbonyl (C=O) groups excluding carboxylic acids is 1. The first-order valence-corrected chi connectivity index (χ1v) is 9.98. The Hall–Kier alpha value is -2.57. The molecule has 0 spiro atoms. The molecule has 1 aliphatic rings. The Bertz CT molecular complexity index is 847. The number of hydrogen-bond donors (Lipinski definition) is 1. The number of methoxy groups -OCH3 is 2. The van der Waals surface area contributed by atoms with Crippen molar-refractivity contribution in [2.24, 2.45) is 11.0 Å². The first-order chi connectivity index (χ1) is 14.1. The summed E-state index contributed by atoms with van der Waals surface area (Å²) in [7, 11) is 3.17. The molecule has 29 heavy (non-hydrogen) atoms. The minimum atomic E-state index is -0.0344. The number of likely N-dealkylation sites (tertiary alicyclic amines) is 1. The van der Waals surface area contributed by atoms with E-state index in [9.17, 15) is 4.79 Å². The summed E-state index contributed by atoms with van der Waals surface area (Å²) < 4.78 is 10.5. The fourth-order valence-corrected chi connectivity index (χ4v) is 3.52. The molecule has 154 valence electrons. The van der Waals surface area contributed by atoms with Crippen molar-refractivity contribution in [3.05, 3.63) is 58.6 Å². The minimum absolute atomic E-state index is 0.0148. The van der Waals surface area contributed by atoms with E-state index in [1.165, 1.54) is 5.56 Å². The fourth-order valence-electron chi connectivity index (χ4n) is 3.40. The van der Waals surface area contributed by atoms with Gasteiger partial charge in [-0.05, 0) is 67.4 Å². The zero-order chi connectivity index (χ0) is 20.6. The molecule has 0 radical (unpaired) electrons. The first kappa shape index (κ1) is 21.1. The van der Waals surface area contributed by atoms with Crippen molar-refractivity contribution in [2.45, 2.75) is 19.4 Å². The van der Waals surface area contributed by atoms with Gasteiger partial charge in [-0.2, -0.15) is 5.10 Å². The van der Waals surface area contributed by atoms with E-state index in [-0.39, 0.29) is 11.8 Å². The molecule has 2 aromatic rings. The fraction of sp³-hybridized carbons (Fsp3) is 0.364. The number of piperidine rings is 1. The first-order valence-electron chi connectivity index (χ1n) is 9.61. The highest BCUT2D eigenvalue weighted by Crippen LogP contribution is 2.27. The molecule has 0 saturated carbocycles. The van der Waals surface area contributed by atoms with E-state index in [0.29, 0.717) is 11.5 Å². The smallest absolute Gasteiger partial charge is 0.243 e. The van der Waals surface area contributed by atoms with Crippen LogP contribution in [0.1, 0.15) is 24.0 Å². The van der Waals surface area contributed by atoms with E-state index >= 15 is 0 Å². The molecule has 0 bridgehead atoms.